The van der Waals surface area contributed by atoms with Crippen molar-refractivity contribution in [1.82, 2.24) is 15.0 Å². The summed E-state index contributed by atoms with van der Waals surface area (Å²) in [5, 5.41) is 4.76. The summed E-state index contributed by atoms with van der Waals surface area (Å²) in [6, 6.07) is 67.5. The van der Waals surface area contributed by atoms with Crippen molar-refractivity contribution < 1.29 is 0 Å². The molecule has 0 radical (unpaired) electrons. The Morgan fingerprint density at radius 2 is 0.824 bits per heavy atom. The topological polar surface area (TPSA) is 41.9 Å². The molecule has 240 valence electrons. The fourth-order valence-electron chi connectivity index (χ4n) is 6.80. The first-order valence-corrected chi connectivity index (χ1v) is 17.1. The molecule has 0 aliphatic rings. The summed E-state index contributed by atoms with van der Waals surface area (Å²) in [4.78, 5) is 17.8. The van der Waals surface area contributed by atoms with Crippen LogP contribution in [-0.2, 0) is 0 Å². The number of rotatable bonds is 7. The van der Waals surface area contributed by atoms with Gasteiger partial charge < -0.3 is 4.90 Å². The van der Waals surface area contributed by atoms with Gasteiger partial charge in [-0.25, -0.2) is 15.0 Å². The maximum atomic E-state index is 5.20. The van der Waals surface area contributed by atoms with Crippen LogP contribution in [0.5, 0.6) is 0 Å². The van der Waals surface area contributed by atoms with Crippen molar-refractivity contribution >= 4 is 38.6 Å². The lowest BCUT2D eigenvalue weighted by atomic mass is 9.97. The predicted molar refractivity (Wildman–Crippen MR) is 211 cm³/mol. The number of fused-ring (bicyclic) bond motifs is 2. The summed E-state index contributed by atoms with van der Waals surface area (Å²) in [5.41, 5.74) is 8.17. The van der Waals surface area contributed by atoms with Gasteiger partial charge in [0.05, 0.1) is 5.69 Å². The zero-order chi connectivity index (χ0) is 34.0. The highest BCUT2D eigenvalue weighted by Crippen LogP contribution is 2.40. The molecule has 1 aromatic heterocycles. The normalized spacial score (nSPS) is 11.1. The highest BCUT2D eigenvalue weighted by atomic mass is 15.1. The van der Waals surface area contributed by atoms with Gasteiger partial charge in [0.15, 0.2) is 17.5 Å². The Balaban J connectivity index is 1.22. The maximum Gasteiger partial charge on any atom is 0.166 e. The van der Waals surface area contributed by atoms with E-state index < -0.39 is 0 Å². The minimum absolute atomic E-state index is 0.605. The zero-order valence-corrected chi connectivity index (χ0v) is 27.8. The number of para-hydroxylation sites is 3. The number of hydrogen-bond acceptors (Lipinski definition) is 4. The van der Waals surface area contributed by atoms with E-state index in [-0.39, 0.29) is 0 Å². The van der Waals surface area contributed by atoms with E-state index in [2.05, 4.69) is 181 Å². The van der Waals surface area contributed by atoms with E-state index in [1.165, 1.54) is 21.7 Å². The summed E-state index contributed by atoms with van der Waals surface area (Å²) in [7, 11) is 0. The smallest absolute Gasteiger partial charge is 0.166 e. The first kappa shape index (κ1) is 30.2. The molecule has 4 heteroatoms. The minimum Gasteiger partial charge on any atom is -0.310 e. The van der Waals surface area contributed by atoms with Crippen LogP contribution in [0.1, 0.15) is 0 Å². The predicted octanol–water partition coefficient (Wildman–Crippen LogP) is 12.3. The molecule has 0 spiro atoms. The molecule has 0 saturated heterocycles. The molecule has 0 aliphatic heterocycles. The molecule has 0 atom stereocenters. The largest absolute Gasteiger partial charge is 0.310 e. The average Bonchev–Trinajstić information content (AvgIpc) is 3.21. The molecular weight excluding hydrogens is 621 g/mol. The first-order valence-electron chi connectivity index (χ1n) is 17.1. The summed E-state index contributed by atoms with van der Waals surface area (Å²) >= 11 is 0. The second-order valence-electron chi connectivity index (χ2n) is 12.5. The molecule has 0 fully saturated rings. The van der Waals surface area contributed by atoms with Gasteiger partial charge in [-0.3, -0.25) is 0 Å². The minimum atomic E-state index is 0.605. The summed E-state index contributed by atoms with van der Waals surface area (Å²) in [5.74, 6) is 1.85. The lowest BCUT2D eigenvalue weighted by molar-refractivity contribution is 1.07. The van der Waals surface area contributed by atoms with Crippen LogP contribution in [0.3, 0.4) is 0 Å². The molecule has 4 nitrogen and oxygen atoms in total. The van der Waals surface area contributed by atoms with Crippen LogP contribution in [0.4, 0.5) is 17.1 Å². The Bertz CT molecular complexity index is 2590. The second kappa shape index (κ2) is 13.2. The summed E-state index contributed by atoms with van der Waals surface area (Å²) in [6.07, 6.45) is 0. The van der Waals surface area contributed by atoms with E-state index >= 15 is 0 Å². The quantitative estimate of drug-likeness (QED) is 0.172. The van der Waals surface area contributed by atoms with Gasteiger partial charge in [0.1, 0.15) is 0 Å². The molecule has 9 aromatic rings. The third-order valence-electron chi connectivity index (χ3n) is 9.30. The van der Waals surface area contributed by atoms with Crippen LogP contribution in [0.15, 0.2) is 194 Å². The molecule has 1 heterocycles. The van der Waals surface area contributed by atoms with Crippen molar-refractivity contribution in [2.75, 3.05) is 4.90 Å². The standard InChI is InChI=1S/C47H32N4/c1-3-18-39(19-4-1)51(40-20-5-2-6-21-40)44-25-12-11-23-43(44)47-49-45(48-46(50-47)38-31-26-33-14-7-8-16-37(33)32-38)36-29-27-35(28-30-36)42-24-13-17-34-15-9-10-22-41(34)42/h1-32H. The zero-order valence-electron chi connectivity index (χ0n) is 27.8. The lowest BCUT2D eigenvalue weighted by Crippen LogP contribution is -2.12. The molecule has 9 rings (SSSR count). The Morgan fingerprint density at radius 1 is 0.314 bits per heavy atom. The van der Waals surface area contributed by atoms with Crippen molar-refractivity contribution in [3.8, 4) is 45.3 Å². The van der Waals surface area contributed by atoms with Crippen molar-refractivity contribution in [2.24, 2.45) is 0 Å². The van der Waals surface area contributed by atoms with E-state index in [0.717, 1.165) is 44.7 Å². The third kappa shape index (κ3) is 5.90. The van der Waals surface area contributed by atoms with Gasteiger partial charge in [-0.1, -0.05) is 152 Å². The molecule has 51 heavy (non-hydrogen) atoms. The number of nitrogens with zero attached hydrogens (tertiary/aromatic N) is 4. The number of aromatic nitrogens is 3. The van der Waals surface area contributed by atoms with Gasteiger partial charge in [0, 0.05) is 28.1 Å². The van der Waals surface area contributed by atoms with Crippen molar-refractivity contribution in [1.29, 1.82) is 0 Å². The fraction of sp³-hybridized carbons (Fsp3) is 0. The number of benzene rings is 8. The molecule has 0 unspecified atom stereocenters. The molecular formula is C47H32N4. The van der Waals surface area contributed by atoms with Crippen molar-refractivity contribution in [2.45, 2.75) is 0 Å². The van der Waals surface area contributed by atoms with Crippen LogP contribution < -0.4 is 4.90 Å². The van der Waals surface area contributed by atoms with E-state index in [9.17, 15) is 0 Å². The molecule has 0 N–H and O–H groups in total. The van der Waals surface area contributed by atoms with E-state index in [4.69, 9.17) is 15.0 Å². The SMILES string of the molecule is c1ccc(N(c2ccccc2)c2ccccc2-c2nc(-c3ccc(-c4cccc5ccccc45)cc3)nc(-c3ccc4ccccc4c3)n2)cc1. The third-order valence-corrected chi connectivity index (χ3v) is 9.30. The maximum absolute atomic E-state index is 5.20. The molecule has 0 bridgehead atoms. The lowest BCUT2D eigenvalue weighted by Gasteiger charge is -2.27. The van der Waals surface area contributed by atoms with E-state index in [0.29, 0.717) is 17.5 Å². The molecule has 0 amide bonds. The van der Waals surface area contributed by atoms with Gasteiger partial charge in [-0.05, 0) is 75.1 Å². The monoisotopic (exact) mass is 652 g/mol. The fourth-order valence-corrected chi connectivity index (χ4v) is 6.80. The molecule has 8 aromatic carbocycles. The first-order chi connectivity index (χ1) is 25.3. The van der Waals surface area contributed by atoms with E-state index in [1.54, 1.807) is 0 Å². The van der Waals surface area contributed by atoms with Gasteiger partial charge >= 0.3 is 0 Å². The Morgan fingerprint density at radius 3 is 1.57 bits per heavy atom. The van der Waals surface area contributed by atoms with Gasteiger partial charge in [-0.15, -0.1) is 0 Å². The van der Waals surface area contributed by atoms with E-state index in [1.807, 2.05) is 18.2 Å². The second-order valence-corrected chi connectivity index (χ2v) is 12.5. The van der Waals surface area contributed by atoms with Gasteiger partial charge in [-0.2, -0.15) is 0 Å². The number of anilines is 3. The molecule has 0 aliphatic carbocycles. The van der Waals surface area contributed by atoms with Crippen LogP contribution >= 0.6 is 0 Å². The highest BCUT2D eigenvalue weighted by Gasteiger charge is 2.20. The Labute approximate surface area is 297 Å². The van der Waals surface area contributed by atoms with Crippen LogP contribution in [0, 0.1) is 0 Å². The summed E-state index contributed by atoms with van der Waals surface area (Å²) in [6.45, 7) is 0. The Kier molecular flexibility index (Phi) is 7.80. The highest BCUT2D eigenvalue weighted by molar-refractivity contribution is 5.97. The average molecular weight is 653 g/mol. The number of hydrogen-bond donors (Lipinski definition) is 0. The van der Waals surface area contributed by atoms with Gasteiger partial charge in [0.2, 0.25) is 0 Å². The van der Waals surface area contributed by atoms with Crippen LogP contribution in [0.25, 0.3) is 66.8 Å². The Hall–Kier alpha value is -6.91. The van der Waals surface area contributed by atoms with Crippen LogP contribution in [-0.4, -0.2) is 15.0 Å². The van der Waals surface area contributed by atoms with Crippen molar-refractivity contribution in [3.63, 3.8) is 0 Å². The molecule has 0 saturated carbocycles. The van der Waals surface area contributed by atoms with Gasteiger partial charge in [0.25, 0.3) is 0 Å². The van der Waals surface area contributed by atoms with Crippen molar-refractivity contribution in [3.05, 3.63) is 194 Å². The summed E-state index contributed by atoms with van der Waals surface area (Å²) < 4.78 is 0. The van der Waals surface area contributed by atoms with Crippen LogP contribution in [0.2, 0.25) is 0 Å².